The molecule has 0 bridgehead atoms. The van der Waals surface area contributed by atoms with Gasteiger partial charge in [-0.1, -0.05) is 29.2 Å². The highest BCUT2D eigenvalue weighted by atomic mass is 32.2. The van der Waals surface area contributed by atoms with E-state index in [1.807, 2.05) is 26.0 Å². The number of nitrogens with one attached hydrogen (secondary N) is 2. The Morgan fingerprint density at radius 1 is 1.09 bits per heavy atom. The minimum absolute atomic E-state index is 0.184. The van der Waals surface area contributed by atoms with Gasteiger partial charge in [-0.15, -0.1) is 5.10 Å². The fraction of sp³-hybridized carbons (Fsp3) is 0.545. The summed E-state index contributed by atoms with van der Waals surface area (Å²) in [5.74, 6) is -1.29. The maximum Gasteiger partial charge on any atom is 0.407 e. The van der Waals surface area contributed by atoms with E-state index in [1.165, 1.54) is 0 Å². The first-order valence-electron chi connectivity index (χ1n) is 10.7. The largest absolute Gasteiger partial charge is 0.444 e. The van der Waals surface area contributed by atoms with Gasteiger partial charge in [0, 0.05) is 18.7 Å². The summed E-state index contributed by atoms with van der Waals surface area (Å²) < 4.78 is 35.3. The van der Waals surface area contributed by atoms with Crippen LogP contribution in [0.5, 0.6) is 0 Å². The standard InChI is InChI=1S/C22H32N4O6S/c1-15-10-11-17(16(2)13-15)24-18(27)14-33(29,30)21-26-25-19(31-21)9-7-6-8-12-23-20(28)32-22(3,4)5/h10-11,13H,6-9,12,14H2,1-5H3,(H,23,28)(H,24,27). The molecule has 0 aliphatic heterocycles. The van der Waals surface area contributed by atoms with Crippen molar-refractivity contribution in [2.45, 2.75) is 71.1 Å². The summed E-state index contributed by atoms with van der Waals surface area (Å²) in [6.07, 6.45) is 2.08. The van der Waals surface area contributed by atoms with Crippen molar-refractivity contribution in [3.05, 3.63) is 35.2 Å². The Hall–Kier alpha value is -2.95. The van der Waals surface area contributed by atoms with E-state index in [9.17, 15) is 18.0 Å². The topological polar surface area (TPSA) is 140 Å². The summed E-state index contributed by atoms with van der Waals surface area (Å²) in [4.78, 5) is 23.8. The van der Waals surface area contributed by atoms with Crippen molar-refractivity contribution >= 4 is 27.5 Å². The van der Waals surface area contributed by atoms with Gasteiger partial charge in [0.1, 0.15) is 11.4 Å². The van der Waals surface area contributed by atoms with Crippen LogP contribution in [0.25, 0.3) is 0 Å². The molecule has 0 aliphatic rings. The van der Waals surface area contributed by atoms with Crippen molar-refractivity contribution in [3.63, 3.8) is 0 Å². The van der Waals surface area contributed by atoms with Crippen LogP contribution in [0.2, 0.25) is 0 Å². The number of aryl methyl sites for hydroxylation is 3. The molecular formula is C22H32N4O6S. The Balaban J connectivity index is 1.76. The quantitative estimate of drug-likeness (QED) is 0.493. The summed E-state index contributed by atoms with van der Waals surface area (Å²) in [6, 6.07) is 5.44. The molecule has 10 nitrogen and oxygen atoms in total. The van der Waals surface area contributed by atoms with Gasteiger partial charge in [0.15, 0.2) is 0 Å². The predicted molar refractivity (Wildman–Crippen MR) is 123 cm³/mol. The Kier molecular flexibility index (Phi) is 8.98. The van der Waals surface area contributed by atoms with E-state index >= 15 is 0 Å². The van der Waals surface area contributed by atoms with Gasteiger partial charge < -0.3 is 19.8 Å². The third-order valence-electron chi connectivity index (χ3n) is 4.43. The molecule has 2 rings (SSSR count). The Morgan fingerprint density at radius 2 is 1.82 bits per heavy atom. The highest BCUT2D eigenvalue weighted by Gasteiger charge is 2.26. The van der Waals surface area contributed by atoms with Crippen molar-refractivity contribution in [3.8, 4) is 0 Å². The van der Waals surface area contributed by atoms with Gasteiger partial charge in [-0.3, -0.25) is 4.79 Å². The van der Waals surface area contributed by atoms with Crippen LogP contribution in [0.1, 0.15) is 57.1 Å². The molecule has 1 aromatic carbocycles. The van der Waals surface area contributed by atoms with E-state index in [0.29, 0.717) is 25.1 Å². The van der Waals surface area contributed by atoms with Gasteiger partial charge in [-0.05, 0) is 59.1 Å². The van der Waals surface area contributed by atoms with Crippen LogP contribution in [-0.2, 0) is 25.8 Å². The van der Waals surface area contributed by atoms with Gasteiger partial charge in [0.2, 0.25) is 21.6 Å². The molecule has 0 saturated carbocycles. The van der Waals surface area contributed by atoms with Gasteiger partial charge in [-0.2, -0.15) is 0 Å². The molecule has 0 unspecified atom stereocenters. The summed E-state index contributed by atoms with van der Waals surface area (Å²) >= 11 is 0. The maximum absolute atomic E-state index is 12.5. The fourth-order valence-corrected chi connectivity index (χ4v) is 3.85. The number of rotatable bonds is 10. The van der Waals surface area contributed by atoms with Crippen LogP contribution in [0.15, 0.2) is 27.8 Å². The van der Waals surface area contributed by atoms with Crippen LogP contribution < -0.4 is 10.6 Å². The van der Waals surface area contributed by atoms with Crippen molar-refractivity contribution in [2.75, 3.05) is 17.6 Å². The average molecular weight is 481 g/mol. The zero-order valence-corrected chi connectivity index (χ0v) is 20.5. The van der Waals surface area contributed by atoms with Gasteiger partial charge in [0.05, 0.1) is 0 Å². The molecule has 0 fully saturated rings. The first-order chi connectivity index (χ1) is 15.4. The molecule has 33 heavy (non-hydrogen) atoms. The third-order valence-corrected chi connectivity index (χ3v) is 5.77. The molecule has 0 saturated heterocycles. The van der Waals surface area contributed by atoms with E-state index < -0.39 is 38.4 Å². The highest BCUT2D eigenvalue weighted by Crippen LogP contribution is 2.17. The lowest BCUT2D eigenvalue weighted by molar-refractivity contribution is -0.113. The van der Waals surface area contributed by atoms with Crippen LogP contribution in [0, 0.1) is 13.8 Å². The lowest BCUT2D eigenvalue weighted by Gasteiger charge is -2.19. The van der Waals surface area contributed by atoms with Crippen LogP contribution in [0.3, 0.4) is 0 Å². The van der Waals surface area contributed by atoms with Crippen molar-refractivity contribution < 1.29 is 27.2 Å². The second kappa shape index (κ2) is 11.3. The van der Waals surface area contributed by atoms with Crippen molar-refractivity contribution in [2.24, 2.45) is 0 Å². The zero-order chi connectivity index (χ0) is 24.6. The number of carbonyl (C=O) groups excluding carboxylic acids is 2. The summed E-state index contributed by atoms with van der Waals surface area (Å²) in [5, 5.41) is 12.1. The summed E-state index contributed by atoms with van der Waals surface area (Å²) in [6.45, 7) is 9.61. The Labute approximate surface area is 194 Å². The lowest BCUT2D eigenvalue weighted by Crippen LogP contribution is -2.32. The minimum Gasteiger partial charge on any atom is -0.444 e. The number of aromatic nitrogens is 2. The molecule has 1 aromatic heterocycles. The number of hydrogen-bond donors (Lipinski definition) is 2. The number of anilines is 1. The molecule has 2 aromatic rings. The Bertz CT molecular complexity index is 1070. The summed E-state index contributed by atoms with van der Waals surface area (Å²) in [7, 11) is -4.06. The Morgan fingerprint density at radius 3 is 2.48 bits per heavy atom. The molecule has 11 heteroatoms. The van der Waals surface area contributed by atoms with E-state index in [4.69, 9.17) is 9.15 Å². The number of ether oxygens (including phenoxy) is 1. The molecule has 0 spiro atoms. The second-order valence-corrected chi connectivity index (χ2v) is 10.7. The molecular weight excluding hydrogens is 448 g/mol. The van der Waals surface area contributed by atoms with Gasteiger partial charge in [0.25, 0.3) is 0 Å². The number of nitrogens with zero attached hydrogens (tertiary/aromatic N) is 2. The second-order valence-electron chi connectivity index (χ2n) is 8.83. The molecule has 1 heterocycles. The maximum atomic E-state index is 12.5. The zero-order valence-electron chi connectivity index (χ0n) is 19.7. The van der Waals surface area contributed by atoms with Crippen molar-refractivity contribution in [1.82, 2.24) is 15.5 Å². The molecule has 2 amide bonds. The molecule has 2 N–H and O–H groups in total. The normalized spacial score (nSPS) is 11.8. The van der Waals surface area contributed by atoms with Gasteiger partial charge >= 0.3 is 11.3 Å². The first-order valence-corrected chi connectivity index (χ1v) is 12.4. The van der Waals surface area contributed by atoms with E-state index in [-0.39, 0.29) is 5.89 Å². The smallest absolute Gasteiger partial charge is 0.407 e. The SMILES string of the molecule is Cc1ccc(NC(=O)CS(=O)(=O)c2nnc(CCCCCNC(=O)OC(C)(C)C)o2)c(C)c1. The number of benzene rings is 1. The number of unbranched alkanes of at least 4 members (excludes halogenated alkanes) is 2. The monoisotopic (exact) mass is 480 g/mol. The minimum atomic E-state index is -4.06. The molecule has 0 radical (unpaired) electrons. The van der Waals surface area contributed by atoms with E-state index in [2.05, 4.69) is 20.8 Å². The van der Waals surface area contributed by atoms with E-state index in [0.717, 1.165) is 24.0 Å². The molecule has 182 valence electrons. The van der Waals surface area contributed by atoms with Crippen LogP contribution >= 0.6 is 0 Å². The molecule has 0 atom stereocenters. The average Bonchev–Trinajstić information content (AvgIpc) is 3.15. The highest BCUT2D eigenvalue weighted by molar-refractivity contribution is 7.91. The molecule has 0 aliphatic carbocycles. The van der Waals surface area contributed by atoms with Gasteiger partial charge in [-0.25, -0.2) is 13.2 Å². The van der Waals surface area contributed by atoms with E-state index in [1.54, 1.807) is 26.8 Å². The number of sulfone groups is 1. The number of amides is 2. The number of carbonyl (C=O) groups is 2. The lowest BCUT2D eigenvalue weighted by atomic mass is 10.1. The van der Waals surface area contributed by atoms with Crippen molar-refractivity contribution in [1.29, 1.82) is 0 Å². The number of hydrogen-bond acceptors (Lipinski definition) is 8. The fourth-order valence-electron chi connectivity index (χ4n) is 2.92. The van der Waals surface area contributed by atoms with Crippen LogP contribution in [-0.4, -0.2) is 48.5 Å². The predicted octanol–water partition coefficient (Wildman–Crippen LogP) is 3.34. The van der Waals surface area contributed by atoms with Crippen LogP contribution in [0.4, 0.5) is 10.5 Å². The third kappa shape index (κ3) is 9.21. The summed E-state index contributed by atoms with van der Waals surface area (Å²) in [5.41, 5.74) is 1.88. The number of alkyl carbamates (subject to hydrolysis) is 1. The first kappa shape index (κ1) is 26.3.